The first-order valence-corrected chi connectivity index (χ1v) is 11.1. The van der Waals surface area contributed by atoms with Crippen molar-refractivity contribution in [2.24, 2.45) is 0 Å². The summed E-state index contributed by atoms with van der Waals surface area (Å²) in [6, 6.07) is 14.5. The van der Waals surface area contributed by atoms with Crippen molar-refractivity contribution in [2.75, 3.05) is 19.8 Å². The molecular formula is C25H31ClN2O4. The molecule has 2 aromatic carbocycles. The fourth-order valence-electron chi connectivity index (χ4n) is 3.22. The normalized spacial score (nSPS) is 12.1. The Labute approximate surface area is 195 Å². The van der Waals surface area contributed by atoms with Gasteiger partial charge < -0.3 is 19.9 Å². The van der Waals surface area contributed by atoms with Crippen LogP contribution >= 0.6 is 11.6 Å². The van der Waals surface area contributed by atoms with Gasteiger partial charge in [-0.1, -0.05) is 29.8 Å². The van der Waals surface area contributed by atoms with Crippen LogP contribution in [0.4, 0.5) is 0 Å². The number of benzene rings is 2. The van der Waals surface area contributed by atoms with Crippen LogP contribution < -0.4 is 10.1 Å². The van der Waals surface area contributed by atoms with Gasteiger partial charge in [-0.05, 0) is 69.9 Å². The Morgan fingerprint density at radius 1 is 1.25 bits per heavy atom. The highest BCUT2D eigenvalue weighted by Crippen LogP contribution is 2.25. The molecule has 0 fully saturated rings. The Bertz CT molecular complexity index is 923. The van der Waals surface area contributed by atoms with E-state index in [9.17, 15) is 15.2 Å². The standard InChI is InChI=1S/C25H31ClN2O4/c1-4-31-24(30)19-12-10-18(11-13-19)7-6-14-25(2,3)28-16-20(29)17-32-23-9-5-8-22(26)21(23)15-27/h5,8-13,20,28-29H,4,6-7,14,16-17H2,1-3H3/t20-/m1/s1. The highest BCUT2D eigenvalue weighted by atomic mass is 35.5. The van der Waals surface area contributed by atoms with Crippen molar-refractivity contribution in [3.05, 3.63) is 64.2 Å². The van der Waals surface area contributed by atoms with Crippen molar-refractivity contribution < 1.29 is 19.4 Å². The number of hydrogen-bond donors (Lipinski definition) is 2. The molecule has 0 saturated heterocycles. The van der Waals surface area contributed by atoms with Gasteiger partial charge in [-0.2, -0.15) is 5.26 Å². The summed E-state index contributed by atoms with van der Waals surface area (Å²) in [5.74, 6) is 0.0680. The van der Waals surface area contributed by atoms with Gasteiger partial charge in [-0.3, -0.25) is 0 Å². The van der Waals surface area contributed by atoms with Crippen LogP contribution in [0, 0.1) is 11.3 Å². The number of aryl methyl sites for hydroxylation is 1. The zero-order chi connectivity index (χ0) is 23.6. The number of aliphatic hydroxyl groups excluding tert-OH is 1. The van der Waals surface area contributed by atoms with Crippen LogP contribution in [0.5, 0.6) is 5.75 Å². The van der Waals surface area contributed by atoms with Crippen LogP contribution in [-0.4, -0.2) is 42.5 Å². The van der Waals surface area contributed by atoms with E-state index in [4.69, 9.17) is 21.1 Å². The fraction of sp³-hybridized carbons (Fsp3) is 0.440. The molecular weight excluding hydrogens is 428 g/mol. The third-order valence-corrected chi connectivity index (χ3v) is 5.38. The predicted molar refractivity (Wildman–Crippen MR) is 125 cm³/mol. The second-order valence-corrected chi connectivity index (χ2v) is 8.63. The summed E-state index contributed by atoms with van der Waals surface area (Å²) in [5, 5.41) is 23.2. The third-order valence-electron chi connectivity index (χ3n) is 5.07. The highest BCUT2D eigenvalue weighted by Gasteiger charge is 2.19. The summed E-state index contributed by atoms with van der Waals surface area (Å²) >= 11 is 5.99. The lowest BCUT2D eigenvalue weighted by Gasteiger charge is -2.28. The quantitative estimate of drug-likeness (QED) is 0.454. The minimum atomic E-state index is -0.727. The zero-order valence-corrected chi connectivity index (χ0v) is 19.6. The minimum absolute atomic E-state index is 0.0604. The van der Waals surface area contributed by atoms with E-state index in [1.54, 1.807) is 37.3 Å². The molecule has 2 aromatic rings. The third kappa shape index (κ3) is 8.16. The van der Waals surface area contributed by atoms with Gasteiger partial charge in [0.2, 0.25) is 0 Å². The van der Waals surface area contributed by atoms with Gasteiger partial charge in [0.05, 0.1) is 17.2 Å². The van der Waals surface area contributed by atoms with Gasteiger partial charge in [0.15, 0.2) is 0 Å². The number of nitrogens with zero attached hydrogens (tertiary/aromatic N) is 1. The minimum Gasteiger partial charge on any atom is -0.489 e. The number of nitriles is 1. The van der Waals surface area contributed by atoms with Gasteiger partial charge in [0.1, 0.15) is 30.1 Å². The molecule has 0 aliphatic rings. The molecule has 0 saturated carbocycles. The van der Waals surface area contributed by atoms with Crippen LogP contribution in [0.15, 0.2) is 42.5 Å². The van der Waals surface area contributed by atoms with E-state index in [1.165, 1.54) is 0 Å². The maximum absolute atomic E-state index is 11.7. The van der Waals surface area contributed by atoms with Crippen LogP contribution in [0.2, 0.25) is 5.02 Å². The van der Waals surface area contributed by atoms with Crippen LogP contribution in [0.1, 0.15) is 55.1 Å². The maximum Gasteiger partial charge on any atom is 0.338 e. The Balaban J connectivity index is 1.73. The van der Waals surface area contributed by atoms with Crippen molar-refractivity contribution in [3.63, 3.8) is 0 Å². The lowest BCUT2D eigenvalue weighted by molar-refractivity contribution is 0.0526. The molecule has 2 rings (SSSR count). The van der Waals surface area contributed by atoms with E-state index in [0.29, 0.717) is 29.5 Å². The number of carbonyl (C=O) groups is 1. The van der Waals surface area contributed by atoms with Crippen molar-refractivity contribution in [3.8, 4) is 11.8 Å². The van der Waals surface area contributed by atoms with E-state index < -0.39 is 6.10 Å². The van der Waals surface area contributed by atoms with Gasteiger partial charge in [-0.25, -0.2) is 4.79 Å². The molecule has 32 heavy (non-hydrogen) atoms. The number of nitrogens with one attached hydrogen (secondary N) is 1. The molecule has 0 amide bonds. The first kappa shape index (κ1) is 25.7. The lowest BCUT2D eigenvalue weighted by atomic mass is 9.95. The van der Waals surface area contributed by atoms with Gasteiger partial charge in [0.25, 0.3) is 0 Å². The van der Waals surface area contributed by atoms with Gasteiger partial charge in [-0.15, -0.1) is 0 Å². The van der Waals surface area contributed by atoms with E-state index in [-0.39, 0.29) is 23.7 Å². The molecule has 2 N–H and O–H groups in total. The van der Waals surface area contributed by atoms with E-state index in [1.807, 2.05) is 18.2 Å². The number of β-amino-alcohol motifs (C(OH)–C–C–N with tert-alkyl or cyclic N) is 1. The summed E-state index contributed by atoms with van der Waals surface area (Å²) in [5.41, 5.74) is 1.83. The molecule has 0 spiro atoms. The number of ether oxygens (including phenoxy) is 2. The molecule has 0 bridgehead atoms. The van der Waals surface area contributed by atoms with Crippen LogP contribution in [0.25, 0.3) is 0 Å². The highest BCUT2D eigenvalue weighted by molar-refractivity contribution is 6.31. The molecule has 0 radical (unpaired) electrons. The molecule has 0 unspecified atom stereocenters. The van der Waals surface area contributed by atoms with Crippen molar-refractivity contribution in [2.45, 2.75) is 51.7 Å². The fourth-order valence-corrected chi connectivity index (χ4v) is 3.43. The average Bonchev–Trinajstić information content (AvgIpc) is 2.77. The Morgan fingerprint density at radius 3 is 2.62 bits per heavy atom. The average molecular weight is 459 g/mol. The zero-order valence-electron chi connectivity index (χ0n) is 18.9. The molecule has 1 atom stereocenters. The Morgan fingerprint density at radius 2 is 1.97 bits per heavy atom. The molecule has 0 aliphatic heterocycles. The predicted octanol–water partition coefficient (Wildman–Crippen LogP) is 4.52. The van der Waals surface area contributed by atoms with Crippen LogP contribution in [-0.2, 0) is 11.2 Å². The number of aliphatic hydroxyl groups is 1. The van der Waals surface area contributed by atoms with Gasteiger partial charge >= 0.3 is 5.97 Å². The van der Waals surface area contributed by atoms with E-state index in [0.717, 1.165) is 24.8 Å². The number of halogens is 1. The van der Waals surface area contributed by atoms with Gasteiger partial charge in [0, 0.05) is 12.1 Å². The second-order valence-electron chi connectivity index (χ2n) is 8.23. The molecule has 0 aliphatic carbocycles. The van der Waals surface area contributed by atoms with Crippen molar-refractivity contribution >= 4 is 17.6 Å². The molecule has 6 nitrogen and oxygen atoms in total. The molecule has 7 heteroatoms. The smallest absolute Gasteiger partial charge is 0.338 e. The second kappa shape index (κ2) is 12.4. The van der Waals surface area contributed by atoms with E-state index >= 15 is 0 Å². The number of esters is 1. The van der Waals surface area contributed by atoms with Crippen molar-refractivity contribution in [1.29, 1.82) is 5.26 Å². The Kier molecular flexibility index (Phi) is 9.98. The summed E-state index contributed by atoms with van der Waals surface area (Å²) in [4.78, 5) is 11.7. The first-order chi connectivity index (χ1) is 15.3. The summed E-state index contributed by atoms with van der Waals surface area (Å²) in [7, 11) is 0. The molecule has 0 aromatic heterocycles. The largest absolute Gasteiger partial charge is 0.489 e. The van der Waals surface area contributed by atoms with Crippen LogP contribution in [0.3, 0.4) is 0 Å². The number of rotatable bonds is 12. The van der Waals surface area contributed by atoms with E-state index in [2.05, 4.69) is 19.2 Å². The first-order valence-electron chi connectivity index (χ1n) is 10.8. The summed E-state index contributed by atoms with van der Waals surface area (Å²) in [6.45, 7) is 6.77. The summed E-state index contributed by atoms with van der Waals surface area (Å²) in [6.07, 6.45) is 2.04. The topological polar surface area (TPSA) is 91.6 Å². The molecule has 0 heterocycles. The maximum atomic E-state index is 11.7. The lowest BCUT2D eigenvalue weighted by Crippen LogP contribution is -2.44. The van der Waals surface area contributed by atoms with Crippen molar-refractivity contribution in [1.82, 2.24) is 5.32 Å². The Hall–Kier alpha value is -2.59. The number of hydrogen-bond acceptors (Lipinski definition) is 6. The molecule has 172 valence electrons. The number of carbonyl (C=O) groups excluding carboxylic acids is 1. The monoisotopic (exact) mass is 458 g/mol. The SMILES string of the molecule is CCOC(=O)c1ccc(CCCC(C)(C)NC[C@@H](O)COc2cccc(Cl)c2C#N)cc1. The summed E-state index contributed by atoms with van der Waals surface area (Å²) < 4.78 is 10.6.